The maximum atomic E-state index is 6.05. The van der Waals surface area contributed by atoms with Crippen LogP contribution in [0.5, 0.6) is 11.5 Å². The highest BCUT2D eigenvalue weighted by Crippen LogP contribution is 2.42. The molecule has 0 heterocycles. The number of benzene rings is 2. The third kappa shape index (κ3) is 4.99. The molecule has 0 spiro atoms. The number of methoxy groups -OCH3 is 2. The van der Waals surface area contributed by atoms with Crippen molar-refractivity contribution in [1.82, 2.24) is 0 Å². The molecule has 0 N–H and O–H groups in total. The van der Waals surface area contributed by atoms with Crippen LogP contribution in [0.1, 0.15) is 22.3 Å². The summed E-state index contributed by atoms with van der Waals surface area (Å²) >= 11 is 0. The molecule has 0 aliphatic rings. The summed E-state index contributed by atoms with van der Waals surface area (Å²) in [6.45, 7) is 10.5. The molecule has 0 saturated carbocycles. The van der Waals surface area contributed by atoms with Crippen molar-refractivity contribution in [2.75, 3.05) is 40.6 Å². The second kappa shape index (κ2) is 9.60. The van der Waals surface area contributed by atoms with E-state index in [2.05, 4.69) is 52.0 Å². The van der Waals surface area contributed by atoms with Gasteiger partial charge in [0.25, 0.3) is 0 Å². The molecule has 0 unspecified atom stereocenters. The topological polar surface area (TPSA) is 36.9 Å². The summed E-state index contributed by atoms with van der Waals surface area (Å²) in [4.78, 5) is 0. The minimum Gasteiger partial charge on any atom is -0.491 e. The van der Waals surface area contributed by atoms with E-state index in [1.807, 2.05) is 0 Å². The molecule has 4 nitrogen and oxygen atoms in total. The summed E-state index contributed by atoms with van der Waals surface area (Å²) in [7, 11) is 3.36. The fraction of sp³-hybridized carbons (Fsp3) is 0.455. The molecule has 0 bridgehead atoms. The SMILES string of the molecule is COCCOc1cc(C)cc(C)c1-c1c(C)cc(C)cc1OCCOC. The number of rotatable bonds is 9. The van der Waals surface area contributed by atoms with Gasteiger partial charge < -0.3 is 18.9 Å². The fourth-order valence-corrected chi connectivity index (χ4v) is 3.20. The van der Waals surface area contributed by atoms with Gasteiger partial charge >= 0.3 is 0 Å². The predicted octanol–water partition coefficient (Wildman–Crippen LogP) is 4.64. The first-order valence-corrected chi connectivity index (χ1v) is 8.94. The number of aryl methyl sites for hydroxylation is 4. The van der Waals surface area contributed by atoms with Crippen molar-refractivity contribution in [3.63, 3.8) is 0 Å². The second-order valence-electron chi connectivity index (χ2n) is 6.59. The summed E-state index contributed by atoms with van der Waals surface area (Å²) in [5.74, 6) is 1.73. The van der Waals surface area contributed by atoms with Crippen molar-refractivity contribution in [2.24, 2.45) is 0 Å². The maximum absolute atomic E-state index is 6.05. The summed E-state index contributed by atoms with van der Waals surface area (Å²) < 4.78 is 22.4. The van der Waals surface area contributed by atoms with Gasteiger partial charge in [-0.05, 0) is 62.1 Å². The first kappa shape index (κ1) is 20.3. The molecule has 2 aromatic carbocycles. The van der Waals surface area contributed by atoms with Crippen LogP contribution in [0.25, 0.3) is 11.1 Å². The Bertz CT molecular complexity index is 674. The predicted molar refractivity (Wildman–Crippen MR) is 106 cm³/mol. The van der Waals surface area contributed by atoms with Crippen molar-refractivity contribution in [2.45, 2.75) is 27.7 Å². The van der Waals surface area contributed by atoms with Gasteiger partial charge in [-0.1, -0.05) is 12.1 Å². The third-order valence-corrected chi connectivity index (χ3v) is 4.23. The van der Waals surface area contributed by atoms with Crippen LogP contribution in [0.3, 0.4) is 0 Å². The molecular formula is C22H30O4. The highest BCUT2D eigenvalue weighted by molar-refractivity contribution is 5.82. The number of ether oxygens (including phenoxy) is 4. The highest BCUT2D eigenvalue weighted by Gasteiger charge is 2.18. The van der Waals surface area contributed by atoms with E-state index in [9.17, 15) is 0 Å². The van der Waals surface area contributed by atoms with Crippen LogP contribution in [0, 0.1) is 27.7 Å². The van der Waals surface area contributed by atoms with E-state index in [1.165, 1.54) is 22.3 Å². The molecule has 0 aliphatic heterocycles. The Labute approximate surface area is 157 Å². The molecule has 0 aliphatic carbocycles. The Morgan fingerprint density at radius 3 is 1.31 bits per heavy atom. The average Bonchev–Trinajstić information content (AvgIpc) is 2.56. The second-order valence-corrected chi connectivity index (χ2v) is 6.59. The third-order valence-electron chi connectivity index (χ3n) is 4.23. The quantitative estimate of drug-likeness (QED) is 0.612. The lowest BCUT2D eigenvalue weighted by Gasteiger charge is -2.20. The van der Waals surface area contributed by atoms with Crippen LogP contribution in [-0.4, -0.2) is 40.6 Å². The minimum atomic E-state index is 0.511. The van der Waals surface area contributed by atoms with Gasteiger partial charge in [-0.15, -0.1) is 0 Å². The zero-order chi connectivity index (χ0) is 19.1. The van der Waals surface area contributed by atoms with E-state index in [1.54, 1.807) is 14.2 Å². The van der Waals surface area contributed by atoms with Crippen molar-refractivity contribution in [3.05, 3.63) is 46.5 Å². The van der Waals surface area contributed by atoms with Gasteiger partial charge in [0.1, 0.15) is 24.7 Å². The minimum absolute atomic E-state index is 0.511. The van der Waals surface area contributed by atoms with E-state index in [0.717, 1.165) is 22.6 Å². The summed E-state index contributed by atoms with van der Waals surface area (Å²) in [6, 6.07) is 8.51. The Kier molecular flexibility index (Phi) is 7.49. The van der Waals surface area contributed by atoms with Gasteiger partial charge in [0.05, 0.1) is 13.2 Å². The van der Waals surface area contributed by atoms with Crippen molar-refractivity contribution in [1.29, 1.82) is 0 Å². The summed E-state index contributed by atoms with van der Waals surface area (Å²) in [5, 5.41) is 0. The van der Waals surface area contributed by atoms with Gasteiger partial charge in [0, 0.05) is 25.3 Å². The maximum Gasteiger partial charge on any atom is 0.127 e. The first-order valence-electron chi connectivity index (χ1n) is 8.94. The number of hydrogen-bond acceptors (Lipinski definition) is 4. The van der Waals surface area contributed by atoms with Gasteiger partial charge in [-0.2, -0.15) is 0 Å². The van der Waals surface area contributed by atoms with Gasteiger partial charge in [-0.25, -0.2) is 0 Å². The van der Waals surface area contributed by atoms with E-state index in [4.69, 9.17) is 18.9 Å². The van der Waals surface area contributed by atoms with Gasteiger partial charge in [0.2, 0.25) is 0 Å². The molecule has 0 aromatic heterocycles. The average molecular weight is 358 g/mol. The highest BCUT2D eigenvalue weighted by atomic mass is 16.5. The summed E-state index contributed by atoms with van der Waals surface area (Å²) in [6.07, 6.45) is 0. The van der Waals surface area contributed by atoms with Crippen LogP contribution in [-0.2, 0) is 9.47 Å². The molecule has 2 rings (SSSR count). The van der Waals surface area contributed by atoms with Crippen molar-refractivity contribution >= 4 is 0 Å². The summed E-state index contributed by atoms with van der Waals surface area (Å²) in [5.41, 5.74) is 6.84. The van der Waals surface area contributed by atoms with Crippen molar-refractivity contribution in [3.8, 4) is 22.6 Å². The lowest BCUT2D eigenvalue weighted by Crippen LogP contribution is -2.08. The Hall–Kier alpha value is -2.04. The molecule has 26 heavy (non-hydrogen) atoms. The van der Waals surface area contributed by atoms with Crippen LogP contribution in [0.2, 0.25) is 0 Å². The van der Waals surface area contributed by atoms with Crippen LogP contribution in [0.15, 0.2) is 24.3 Å². The Morgan fingerprint density at radius 1 is 0.577 bits per heavy atom. The lowest BCUT2D eigenvalue weighted by atomic mass is 9.92. The van der Waals surface area contributed by atoms with Crippen LogP contribution >= 0.6 is 0 Å². The van der Waals surface area contributed by atoms with E-state index in [-0.39, 0.29) is 0 Å². The normalized spacial score (nSPS) is 10.8. The molecule has 0 saturated heterocycles. The fourth-order valence-electron chi connectivity index (χ4n) is 3.20. The monoisotopic (exact) mass is 358 g/mol. The Morgan fingerprint density at radius 2 is 0.962 bits per heavy atom. The van der Waals surface area contributed by atoms with E-state index >= 15 is 0 Å². The van der Waals surface area contributed by atoms with Crippen molar-refractivity contribution < 1.29 is 18.9 Å². The lowest BCUT2D eigenvalue weighted by molar-refractivity contribution is 0.145. The molecular weight excluding hydrogens is 328 g/mol. The largest absolute Gasteiger partial charge is 0.491 e. The molecule has 0 atom stereocenters. The molecule has 0 radical (unpaired) electrons. The molecule has 0 fully saturated rings. The number of hydrogen-bond donors (Lipinski definition) is 0. The standard InChI is InChI=1S/C22H30O4/c1-15-11-17(3)21(19(13-15)25-9-7-23-5)22-18(4)12-16(2)14-20(22)26-10-8-24-6/h11-14H,7-10H2,1-6H3. The smallest absolute Gasteiger partial charge is 0.127 e. The van der Waals surface area contributed by atoms with E-state index in [0.29, 0.717) is 26.4 Å². The molecule has 2 aromatic rings. The molecule has 142 valence electrons. The zero-order valence-corrected chi connectivity index (χ0v) is 16.8. The van der Waals surface area contributed by atoms with Gasteiger partial charge in [0.15, 0.2) is 0 Å². The zero-order valence-electron chi connectivity index (χ0n) is 16.8. The van der Waals surface area contributed by atoms with E-state index < -0.39 is 0 Å². The molecule has 0 amide bonds. The van der Waals surface area contributed by atoms with Crippen LogP contribution in [0.4, 0.5) is 0 Å². The van der Waals surface area contributed by atoms with Gasteiger partial charge in [-0.3, -0.25) is 0 Å². The Balaban J connectivity index is 2.55. The first-order chi connectivity index (χ1) is 12.5. The molecule has 4 heteroatoms. The van der Waals surface area contributed by atoms with Crippen LogP contribution < -0.4 is 9.47 Å².